The van der Waals surface area contributed by atoms with Crippen LogP contribution in [0.1, 0.15) is 22.3 Å². The predicted molar refractivity (Wildman–Crippen MR) is 136 cm³/mol. The van der Waals surface area contributed by atoms with Gasteiger partial charge in [-0.1, -0.05) is 42.5 Å². The van der Waals surface area contributed by atoms with Gasteiger partial charge in [-0.25, -0.2) is 9.98 Å². The molecule has 0 unspecified atom stereocenters. The van der Waals surface area contributed by atoms with Crippen LogP contribution in [0.15, 0.2) is 78.0 Å². The van der Waals surface area contributed by atoms with E-state index in [4.69, 9.17) is 5.73 Å². The molecule has 3 aromatic carbocycles. The lowest BCUT2D eigenvalue weighted by atomic mass is 10.1. The number of nitrogens with zero attached hydrogens (tertiary/aromatic N) is 3. The zero-order valence-electron chi connectivity index (χ0n) is 17.2. The molecule has 0 aliphatic carbocycles. The van der Waals surface area contributed by atoms with Gasteiger partial charge in [-0.05, 0) is 60.4 Å². The van der Waals surface area contributed by atoms with Gasteiger partial charge < -0.3 is 15.6 Å². The first-order valence-electron chi connectivity index (χ1n) is 9.70. The summed E-state index contributed by atoms with van der Waals surface area (Å²) in [6, 6.07) is 22.8. The molecule has 4 aromatic rings. The van der Waals surface area contributed by atoms with E-state index in [2.05, 4.69) is 76.2 Å². The summed E-state index contributed by atoms with van der Waals surface area (Å²) in [5.74, 6) is 0.419. The Labute approximate surface area is 194 Å². The SMILES string of the molecule is Cc1ccc(NC(N)=NCc2ccc(Cn3cnc4ccccc43)cc2)cc1C.I. The predicted octanol–water partition coefficient (Wildman–Crippen LogP) is 5.25. The number of anilines is 1. The molecule has 6 heteroatoms. The minimum Gasteiger partial charge on any atom is -0.370 e. The highest BCUT2D eigenvalue weighted by Crippen LogP contribution is 2.16. The first kappa shape index (κ1) is 21.8. The van der Waals surface area contributed by atoms with Crippen molar-refractivity contribution in [2.45, 2.75) is 26.9 Å². The highest BCUT2D eigenvalue weighted by atomic mass is 127. The highest BCUT2D eigenvalue weighted by molar-refractivity contribution is 14.0. The fourth-order valence-corrected chi connectivity index (χ4v) is 3.27. The summed E-state index contributed by atoms with van der Waals surface area (Å²) in [7, 11) is 0. The van der Waals surface area contributed by atoms with Crippen molar-refractivity contribution in [1.82, 2.24) is 9.55 Å². The lowest BCUT2D eigenvalue weighted by Crippen LogP contribution is -2.22. The molecule has 5 nitrogen and oxygen atoms in total. The van der Waals surface area contributed by atoms with Crippen LogP contribution in [0, 0.1) is 13.8 Å². The van der Waals surface area contributed by atoms with Crippen molar-refractivity contribution >= 4 is 46.7 Å². The minimum absolute atomic E-state index is 0. The smallest absolute Gasteiger partial charge is 0.193 e. The molecule has 1 heterocycles. The number of aliphatic imine (C=N–C) groups is 1. The van der Waals surface area contributed by atoms with E-state index in [0.717, 1.165) is 28.8 Å². The standard InChI is InChI=1S/C24H25N5.HI/c1-17-7-12-21(13-18(17)2)28-24(25)26-14-19-8-10-20(11-9-19)15-29-16-27-22-5-3-4-6-23(22)29;/h3-13,16H,14-15H2,1-2H3,(H3,25,26,28);1H. The number of aromatic nitrogens is 2. The number of nitrogens with two attached hydrogens (primary N) is 1. The number of guanidine groups is 1. The van der Waals surface area contributed by atoms with E-state index in [1.165, 1.54) is 16.7 Å². The number of rotatable bonds is 5. The van der Waals surface area contributed by atoms with Gasteiger partial charge in [0.2, 0.25) is 0 Å². The van der Waals surface area contributed by atoms with E-state index in [9.17, 15) is 0 Å². The van der Waals surface area contributed by atoms with Crippen molar-refractivity contribution in [2.75, 3.05) is 5.32 Å². The Morgan fingerprint density at radius 2 is 1.70 bits per heavy atom. The van der Waals surface area contributed by atoms with Crippen LogP contribution in [-0.4, -0.2) is 15.5 Å². The number of para-hydroxylation sites is 2. The van der Waals surface area contributed by atoms with Crippen LogP contribution in [-0.2, 0) is 13.1 Å². The third-order valence-corrected chi connectivity index (χ3v) is 5.11. The number of hydrogen-bond acceptors (Lipinski definition) is 2. The van der Waals surface area contributed by atoms with Crippen molar-refractivity contribution in [3.8, 4) is 0 Å². The van der Waals surface area contributed by atoms with E-state index in [1.54, 1.807) is 0 Å². The van der Waals surface area contributed by atoms with Crippen LogP contribution in [0.5, 0.6) is 0 Å². The Bertz CT molecular complexity index is 1160. The average Bonchev–Trinajstić information content (AvgIpc) is 3.13. The van der Waals surface area contributed by atoms with E-state index in [-0.39, 0.29) is 24.0 Å². The van der Waals surface area contributed by atoms with Gasteiger partial charge in [0.1, 0.15) is 0 Å². The Morgan fingerprint density at radius 1 is 0.967 bits per heavy atom. The molecule has 1 aromatic heterocycles. The van der Waals surface area contributed by atoms with Gasteiger partial charge in [0.05, 0.1) is 23.9 Å². The molecular weight excluding hydrogens is 485 g/mol. The van der Waals surface area contributed by atoms with Crippen LogP contribution < -0.4 is 11.1 Å². The number of halogens is 1. The lowest BCUT2D eigenvalue weighted by molar-refractivity contribution is 0.823. The van der Waals surface area contributed by atoms with Crippen LogP contribution in [0.3, 0.4) is 0 Å². The summed E-state index contributed by atoms with van der Waals surface area (Å²) in [5.41, 5.74) is 14.0. The molecule has 0 fully saturated rings. The fraction of sp³-hybridized carbons (Fsp3) is 0.167. The second-order valence-electron chi connectivity index (χ2n) is 7.30. The molecular formula is C24H26IN5. The van der Waals surface area contributed by atoms with Crippen LogP contribution >= 0.6 is 24.0 Å². The zero-order chi connectivity index (χ0) is 20.2. The molecule has 0 saturated carbocycles. The van der Waals surface area contributed by atoms with Gasteiger partial charge in [0.25, 0.3) is 0 Å². The number of aryl methyl sites for hydroxylation is 2. The molecule has 3 N–H and O–H groups in total. The monoisotopic (exact) mass is 511 g/mol. The lowest BCUT2D eigenvalue weighted by Gasteiger charge is -2.08. The molecule has 30 heavy (non-hydrogen) atoms. The third-order valence-electron chi connectivity index (χ3n) is 5.11. The normalized spacial score (nSPS) is 11.3. The molecule has 154 valence electrons. The quantitative estimate of drug-likeness (QED) is 0.219. The maximum atomic E-state index is 6.04. The number of nitrogens with one attached hydrogen (secondary N) is 1. The van der Waals surface area contributed by atoms with Gasteiger partial charge in [-0.3, -0.25) is 0 Å². The molecule has 0 saturated heterocycles. The van der Waals surface area contributed by atoms with Crippen LogP contribution in [0.25, 0.3) is 11.0 Å². The molecule has 0 radical (unpaired) electrons. The molecule has 0 aliphatic rings. The topological polar surface area (TPSA) is 68.2 Å². The van der Waals surface area contributed by atoms with Crippen LogP contribution in [0.4, 0.5) is 5.69 Å². The second kappa shape index (κ2) is 9.75. The molecule has 0 aliphatic heterocycles. The van der Waals surface area contributed by atoms with Crippen molar-refractivity contribution in [1.29, 1.82) is 0 Å². The zero-order valence-corrected chi connectivity index (χ0v) is 19.5. The molecule has 0 atom stereocenters. The Hall–Kier alpha value is -2.87. The molecule has 4 rings (SSSR count). The number of benzene rings is 3. The van der Waals surface area contributed by atoms with E-state index in [0.29, 0.717) is 12.5 Å². The van der Waals surface area contributed by atoms with Gasteiger partial charge in [-0.15, -0.1) is 24.0 Å². The second-order valence-corrected chi connectivity index (χ2v) is 7.30. The number of fused-ring (bicyclic) bond motifs is 1. The summed E-state index contributed by atoms with van der Waals surface area (Å²) in [6.45, 7) is 5.51. The first-order chi connectivity index (χ1) is 14.1. The van der Waals surface area contributed by atoms with Gasteiger partial charge >= 0.3 is 0 Å². The Balaban J connectivity index is 0.00000256. The molecule has 0 amide bonds. The number of hydrogen-bond donors (Lipinski definition) is 2. The average molecular weight is 511 g/mol. The highest BCUT2D eigenvalue weighted by Gasteiger charge is 2.03. The van der Waals surface area contributed by atoms with Crippen molar-refractivity contribution in [3.05, 3.63) is 95.3 Å². The largest absolute Gasteiger partial charge is 0.370 e. The third kappa shape index (κ3) is 5.18. The maximum Gasteiger partial charge on any atom is 0.193 e. The summed E-state index contributed by atoms with van der Waals surface area (Å²) < 4.78 is 2.16. The van der Waals surface area contributed by atoms with Crippen molar-refractivity contribution < 1.29 is 0 Å². The Kier molecular flexibility index (Phi) is 7.10. The van der Waals surface area contributed by atoms with E-state index in [1.807, 2.05) is 30.6 Å². The maximum absolute atomic E-state index is 6.04. The first-order valence-corrected chi connectivity index (χ1v) is 9.70. The summed E-state index contributed by atoms with van der Waals surface area (Å²) in [5, 5.41) is 3.16. The van der Waals surface area contributed by atoms with Gasteiger partial charge in [0, 0.05) is 12.2 Å². The summed E-state index contributed by atoms with van der Waals surface area (Å²) in [6.07, 6.45) is 1.89. The fourth-order valence-electron chi connectivity index (χ4n) is 3.27. The van der Waals surface area contributed by atoms with Gasteiger partial charge in [0.15, 0.2) is 5.96 Å². The van der Waals surface area contributed by atoms with E-state index >= 15 is 0 Å². The Morgan fingerprint density at radius 3 is 2.47 bits per heavy atom. The van der Waals surface area contributed by atoms with E-state index < -0.39 is 0 Å². The van der Waals surface area contributed by atoms with Crippen LogP contribution in [0.2, 0.25) is 0 Å². The van der Waals surface area contributed by atoms with Crippen molar-refractivity contribution in [2.24, 2.45) is 10.7 Å². The minimum atomic E-state index is 0. The summed E-state index contributed by atoms with van der Waals surface area (Å²) in [4.78, 5) is 8.91. The van der Waals surface area contributed by atoms with Gasteiger partial charge in [-0.2, -0.15) is 0 Å². The molecule has 0 spiro atoms. The van der Waals surface area contributed by atoms with Crippen molar-refractivity contribution in [3.63, 3.8) is 0 Å². The number of imidazole rings is 1. The molecule has 0 bridgehead atoms. The summed E-state index contributed by atoms with van der Waals surface area (Å²) >= 11 is 0.